The smallest absolute Gasteiger partial charge is 0.276 e. The Morgan fingerprint density at radius 1 is 1.20 bits per heavy atom. The zero-order chi connectivity index (χ0) is 17.4. The van der Waals surface area contributed by atoms with Crippen LogP contribution < -0.4 is 0 Å². The van der Waals surface area contributed by atoms with E-state index in [9.17, 15) is 8.42 Å². The van der Waals surface area contributed by atoms with Crippen LogP contribution >= 0.6 is 0 Å². The molecule has 8 heteroatoms. The average Bonchev–Trinajstić information content (AvgIpc) is 3.36. The maximum atomic E-state index is 12.6. The van der Waals surface area contributed by atoms with Crippen LogP contribution in [0.15, 0.2) is 32.2 Å². The first-order chi connectivity index (χ1) is 12.0. The molecule has 4 rings (SSSR count). The quantitative estimate of drug-likeness (QED) is 0.810. The van der Waals surface area contributed by atoms with E-state index < -0.39 is 10.0 Å². The third kappa shape index (κ3) is 3.26. The lowest BCUT2D eigenvalue weighted by atomic mass is 10.1. The molecule has 0 saturated carbocycles. The molecule has 0 bridgehead atoms. The van der Waals surface area contributed by atoms with Gasteiger partial charge in [0.25, 0.3) is 10.0 Å². The predicted molar refractivity (Wildman–Crippen MR) is 90.3 cm³/mol. The number of likely N-dealkylation sites (tertiary alicyclic amines) is 1. The fourth-order valence-corrected chi connectivity index (χ4v) is 5.16. The van der Waals surface area contributed by atoms with Gasteiger partial charge in [-0.05, 0) is 51.3 Å². The molecule has 2 saturated heterocycles. The number of sulfonamides is 1. The molecule has 2 aliphatic heterocycles. The summed E-state index contributed by atoms with van der Waals surface area (Å²) in [7, 11) is -3.49. The van der Waals surface area contributed by atoms with E-state index >= 15 is 0 Å². The van der Waals surface area contributed by atoms with Gasteiger partial charge in [-0.2, -0.15) is 4.31 Å². The molecule has 25 heavy (non-hydrogen) atoms. The van der Waals surface area contributed by atoms with Crippen LogP contribution in [0.4, 0.5) is 0 Å². The first kappa shape index (κ1) is 16.8. The van der Waals surface area contributed by atoms with E-state index in [1.807, 2.05) is 13.0 Å². The summed E-state index contributed by atoms with van der Waals surface area (Å²) in [6, 6.07) is 5.48. The van der Waals surface area contributed by atoms with E-state index in [2.05, 4.69) is 10.1 Å². The van der Waals surface area contributed by atoms with Crippen molar-refractivity contribution in [2.75, 3.05) is 19.6 Å². The molecule has 1 unspecified atom stereocenters. The monoisotopic (exact) mass is 365 g/mol. The van der Waals surface area contributed by atoms with E-state index in [-0.39, 0.29) is 11.1 Å². The first-order valence-electron chi connectivity index (χ1n) is 8.80. The molecular formula is C17H23N3O4S. The second kappa shape index (κ2) is 6.59. The van der Waals surface area contributed by atoms with Gasteiger partial charge in [-0.3, -0.25) is 4.90 Å². The lowest BCUT2D eigenvalue weighted by Crippen LogP contribution is -2.27. The largest absolute Gasteiger partial charge is 0.447 e. The molecular weight excluding hydrogens is 342 g/mol. The minimum atomic E-state index is -3.49. The molecule has 2 aromatic heterocycles. The Morgan fingerprint density at radius 3 is 2.72 bits per heavy atom. The van der Waals surface area contributed by atoms with Gasteiger partial charge in [-0.25, -0.2) is 8.42 Å². The van der Waals surface area contributed by atoms with Crippen LogP contribution in [0.3, 0.4) is 0 Å². The van der Waals surface area contributed by atoms with Gasteiger partial charge in [-0.1, -0.05) is 5.16 Å². The fraction of sp³-hybridized carbons (Fsp3) is 0.588. The highest BCUT2D eigenvalue weighted by molar-refractivity contribution is 7.89. The molecule has 136 valence electrons. The Kier molecular flexibility index (Phi) is 4.43. The van der Waals surface area contributed by atoms with E-state index in [4.69, 9.17) is 8.94 Å². The zero-order valence-electron chi connectivity index (χ0n) is 14.3. The summed E-state index contributed by atoms with van der Waals surface area (Å²) in [5.41, 5.74) is 0.874. The third-order valence-corrected chi connectivity index (χ3v) is 6.77. The Hall–Kier alpha value is -1.64. The topological polar surface area (TPSA) is 79.8 Å². The summed E-state index contributed by atoms with van der Waals surface area (Å²) in [6.45, 7) is 4.57. The molecule has 4 heterocycles. The highest BCUT2D eigenvalue weighted by Crippen LogP contribution is 2.34. The van der Waals surface area contributed by atoms with E-state index in [1.54, 1.807) is 12.1 Å². The Labute approximate surface area is 147 Å². The SMILES string of the molecule is Cc1cc(C2CCCN2Cc2ccc(S(=O)(=O)N3CCCC3)o2)on1. The van der Waals surface area contributed by atoms with Gasteiger partial charge in [0.15, 0.2) is 5.76 Å². The number of aryl methyl sites for hydroxylation is 1. The van der Waals surface area contributed by atoms with Crippen LogP contribution in [0.5, 0.6) is 0 Å². The lowest BCUT2D eigenvalue weighted by Gasteiger charge is -2.20. The summed E-state index contributed by atoms with van der Waals surface area (Å²) in [4.78, 5) is 2.26. The van der Waals surface area contributed by atoms with Crippen molar-refractivity contribution in [2.24, 2.45) is 0 Å². The summed E-state index contributed by atoms with van der Waals surface area (Å²) >= 11 is 0. The fourth-order valence-electron chi connectivity index (χ4n) is 3.72. The Balaban J connectivity index is 1.49. The molecule has 2 fully saturated rings. The molecule has 2 aliphatic rings. The van der Waals surface area contributed by atoms with E-state index in [1.165, 1.54) is 4.31 Å². The van der Waals surface area contributed by atoms with Crippen molar-refractivity contribution in [2.45, 2.75) is 50.3 Å². The number of aromatic nitrogens is 1. The molecule has 0 N–H and O–H groups in total. The number of furan rings is 1. The maximum absolute atomic E-state index is 12.6. The van der Waals surface area contributed by atoms with Gasteiger partial charge in [0, 0.05) is 19.2 Å². The summed E-state index contributed by atoms with van der Waals surface area (Å²) in [6.07, 6.45) is 3.91. The molecule has 0 spiro atoms. The Morgan fingerprint density at radius 2 is 2.00 bits per heavy atom. The normalized spacial score (nSPS) is 22.8. The standard InChI is InChI=1S/C17H23N3O4S/c1-13-11-16(24-18-13)15-5-4-8-19(15)12-14-6-7-17(23-14)25(21,22)20-9-2-3-10-20/h6-7,11,15H,2-5,8-10,12H2,1H3. The van der Waals surface area contributed by atoms with Crippen LogP contribution in [0.1, 0.15) is 48.9 Å². The highest BCUT2D eigenvalue weighted by atomic mass is 32.2. The van der Waals surface area contributed by atoms with Crippen LogP contribution in [0, 0.1) is 6.92 Å². The van der Waals surface area contributed by atoms with Crippen molar-refractivity contribution in [3.63, 3.8) is 0 Å². The summed E-state index contributed by atoms with van der Waals surface area (Å²) in [5, 5.41) is 4.02. The van der Waals surface area contributed by atoms with Crippen molar-refractivity contribution in [3.8, 4) is 0 Å². The lowest BCUT2D eigenvalue weighted by molar-refractivity contribution is 0.189. The predicted octanol–water partition coefficient (Wildman–Crippen LogP) is 2.70. The second-order valence-electron chi connectivity index (χ2n) is 6.83. The van der Waals surface area contributed by atoms with Gasteiger partial charge < -0.3 is 8.94 Å². The minimum absolute atomic E-state index is 0.0515. The van der Waals surface area contributed by atoms with Gasteiger partial charge in [0.05, 0.1) is 18.3 Å². The average molecular weight is 365 g/mol. The van der Waals surface area contributed by atoms with Crippen LogP contribution in [0.2, 0.25) is 0 Å². The molecule has 0 amide bonds. The van der Waals surface area contributed by atoms with Crippen molar-refractivity contribution in [1.29, 1.82) is 0 Å². The number of nitrogens with zero attached hydrogens (tertiary/aromatic N) is 3. The molecule has 0 aromatic carbocycles. The van der Waals surface area contributed by atoms with Crippen molar-refractivity contribution in [3.05, 3.63) is 35.4 Å². The van der Waals surface area contributed by atoms with Gasteiger partial charge >= 0.3 is 0 Å². The van der Waals surface area contributed by atoms with Gasteiger partial charge in [0.2, 0.25) is 5.09 Å². The summed E-state index contributed by atoms with van der Waals surface area (Å²) < 4.78 is 37.8. The van der Waals surface area contributed by atoms with Crippen molar-refractivity contribution >= 4 is 10.0 Å². The van der Waals surface area contributed by atoms with Crippen LogP contribution in [-0.2, 0) is 16.6 Å². The number of rotatable bonds is 5. The van der Waals surface area contributed by atoms with E-state index in [0.717, 1.165) is 43.7 Å². The van der Waals surface area contributed by atoms with Crippen molar-refractivity contribution in [1.82, 2.24) is 14.4 Å². The summed E-state index contributed by atoms with van der Waals surface area (Å²) in [5.74, 6) is 1.53. The molecule has 0 radical (unpaired) electrons. The number of hydrogen-bond donors (Lipinski definition) is 0. The third-order valence-electron chi connectivity index (χ3n) is 4.99. The molecule has 1 atom stereocenters. The molecule has 2 aromatic rings. The van der Waals surface area contributed by atoms with Crippen LogP contribution in [-0.4, -0.2) is 42.4 Å². The highest BCUT2D eigenvalue weighted by Gasteiger charge is 2.32. The molecule has 0 aliphatic carbocycles. The first-order valence-corrected chi connectivity index (χ1v) is 10.2. The van der Waals surface area contributed by atoms with E-state index in [0.29, 0.717) is 25.4 Å². The zero-order valence-corrected chi connectivity index (χ0v) is 15.2. The number of hydrogen-bond acceptors (Lipinski definition) is 6. The maximum Gasteiger partial charge on any atom is 0.276 e. The van der Waals surface area contributed by atoms with Crippen molar-refractivity contribution < 1.29 is 17.4 Å². The van der Waals surface area contributed by atoms with Gasteiger partial charge in [-0.15, -0.1) is 0 Å². The Bertz CT molecular complexity index is 836. The molecule has 7 nitrogen and oxygen atoms in total. The van der Waals surface area contributed by atoms with Gasteiger partial charge in [0.1, 0.15) is 5.76 Å². The minimum Gasteiger partial charge on any atom is -0.447 e. The second-order valence-corrected chi connectivity index (χ2v) is 8.70. The van der Waals surface area contributed by atoms with Crippen LogP contribution in [0.25, 0.3) is 0 Å².